The van der Waals surface area contributed by atoms with Gasteiger partial charge in [-0.3, -0.25) is 9.59 Å². The van der Waals surface area contributed by atoms with Crippen LogP contribution in [0.3, 0.4) is 0 Å². The molecule has 1 saturated carbocycles. The summed E-state index contributed by atoms with van der Waals surface area (Å²) in [6.07, 6.45) is 4.91. The summed E-state index contributed by atoms with van der Waals surface area (Å²) in [6, 6.07) is 13.2. The first kappa shape index (κ1) is 29.7. The van der Waals surface area contributed by atoms with Gasteiger partial charge in [0.2, 0.25) is 0 Å². The van der Waals surface area contributed by atoms with Gasteiger partial charge in [0.25, 0.3) is 5.91 Å². The number of carbonyl (C=O) groups excluding carboxylic acids is 1. The third-order valence-corrected chi connectivity index (χ3v) is 8.07. The molecule has 0 radical (unpaired) electrons. The summed E-state index contributed by atoms with van der Waals surface area (Å²) in [4.78, 5) is 26.8. The fourth-order valence-electron chi connectivity index (χ4n) is 5.74. The number of aliphatic carboxylic acids is 1. The average Bonchev–Trinajstić information content (AvgIpc) is 3.79. The molecular weight excluding hydrogens is 508 g/mol. The second kappa shape index (κ2) is 13.9. The lowest BCUT2D eigenvalue weighted by Crippen LogP contribution is -2.40. The minimum Gasteiger partial charge on any atom is -0.497 e. The number of hydrogen-bond acceptors (Lipinski definition) is 6. The number of carboxylic acids is 1. The largest absolute Gasteiger partial charge is 0.497 e. The maximum atomic E-state index is 13.2. The van der Waals surface area contributed by atoms with Crippen molar-refractivity contribution in [1.29, 1.82) is 0 Å². The first-order chi connectivity index (χ1) is 19.3. The smallest absolute Gasteiger partial charge is 0.303 e. The van der Waals surface area contributed by atoms with Crippen molar-refractivity contribution in [3.63, 3.8) is 0 Å². The van der Waals surface area contributed by atoms with Crippen molar-refractivity contribution in [3.05, 3.63) is 53.6 Å². The Kier molecular flexibility index (Phi) is 10.3. The van der Waals surface area contributed by atoms with E-state index in [1.54, 1.807) is 19.2 Å². The summed E-state index contributed by atoms with van der Waals surface area (Å²) < 4.78 is 11.7. The fraction of sp³-hybridized carbons (Fsp3) is 0.562. The molecule has 1 saturated heterocycles. The van der Waals surface area contributed by atoms with E-state index in [1.165, 1.54) is 0 Å². The minimum atomic E-state index is -0.754. The van der Waals surface area contributed by atoms with Crippen LogP contribution in [0, 0.1) is 17.8 Å². The summed E-state index contributed by atoms with van der Waals surface area (Å²) in [7, 11) is 1.62. The molecule has 2 fully saturated rings. The van der Waals surface area contributed by atoms with Gasteiger partial charge in [-0.05, 0) is 85.6 Å². The SMILES string of the molecule is COc1ccc(C(=O)NC(CO)CC(C)C)c(N2CCC(COc3cccc(C(CC(=O)O)C4CC4)c3)CC2)c1. The van der Waals surface area contributed by atoms with E-state index >= 15 is 0 Å². The molecule has 1 heterocycles. The Bertz CT molecular complexity index is 1140. The van der Waals surface area contributed by atoms with E-state index in [0.717, 1.165) is 55.8 Å². The quantitative estimate of drug-likeness (QED) is 0.299. The normalized spacial score (nSPS) is 17.4. The number of benzene rings is 2. The van der Waals surface area contributed by atoms with Gasteiger partial charge < -0.3 is 29.9 Å². The number of aliphatic hydroxyl groups excluding tert-OH is 1. The molecule has 4 rings (SSSR count). The van der Waals surface area contributed by atoms with E-state index < -0.39 is 5.97 Å². The zero-order valence-electron chi connectivity index (χ0n) is 24.0. The standard InChI is InChI=1S/C32H44N2O6/c1-21(2)15-25(19-35)33-32(38)28-10-9-26(39-3)17-30(28)34-13-11-22(12-14-34)20-40-27-6-4-5-24(16-27)29(18-31(36)37)23-7-8-23/h4-6,9-10,16-17,21-23,25,29,35H,7-8,11-15,18-20H2,1-3H3,(H,33,38)(H,36,37). The van der Waals surface area contributed by atoms with Crippen LogP contribution in [-0.4, -0.2) is 61.5 Å². The van der Waals surface area contributed by atoms with E-state index in [4.69, 9.17) is 9.47 Å². The minimum absolute atomic E-state index is 0.0524. The highest BCUT2D eigenvalue weighted by molar-refractivity contribution is 6.00. The molecule has 2 unspecified atom stereocenters. The Balaban J connectivity index is 1.36. The topological polar surface area (TPSA) is 108 Å². The molecule has 2 aliphatic rings. The van der Waals surface area contributed by atoms with Crippen molar-refractivity contribution < 1.29 is 29.3 Å². The maximum Gasteiger partial charge on any atom is 0.303 e. The first-order valence-electron chi connectivity index (χ1n) is 14.6. The molecule has 218 valence electrons. The monoisotopic (exact) mass is 552 g/mol. The molecule has 1 aliphatic carbocycles. The molecule has 1 aliphatic heterocycles. The first-order valence-corrected chi connectivity index (χ1v) is 14.6. The number of nitrogens with zero attached hydrogens (tertiary/aromatic N) is 1. The maximum absolute atomic E-state index is 13.2. The Morgan fingerprint density at radius 1 is 1.05 bits per heavy atom. The molecule has 1 amide bonds. The van der Waals surface area contributed by atoms with Gasteiger partial charge in [0.15, 0.2) is 0 Å². The van der Waals surface area contributed by atoms with Gasteiger partial charge in [-0.25, -0.2) is 0 Å². The molecule has 0 spiro atoms. The van der Waals surface area contributed by atoms with Gasteiger partial charge in [0.05, 0.1) is 44.0 Å². The molecule has 8 heteroatoms. The molecule has 2 aromatic carbocycles. The van der Waals surface area contributed by atoms with E-state index in [1.807, 2.05) is 30.3 Å². The third-order valence-electron chi connectivity index (χ3n) is 8.07. The number of carbonyl (C=O) groups is 2. The lowest BCUT2D eigenvalue weighted by Gasteiger charge is -2.35. The highest BCUT2D eigenvalue weighted by Crippen LogP contribution is 2.45. The number of hydrogen-bond donors (Lipinski definition) is 3. The summed E-state index contributed by atoms with van der Waals surface area (Å²) >= 11 is 0. The van der Waals surface area contributed by atoms with Crippen LogP contribution in [0.25, 0.3) is 0 Å². The van der Waals surface area contributed by atoms with Crippen LogP contribution >= 0.6 is 0 Å². The second-order valence-electron chi connectivity index (χ2n) is 11.7. The number of rotatable bonds is 14. The van der Waals surface area contributed by atoms with Crippen LogP contribution in [-0.2, 0) is 4.79 Å². The zero-order chi connectivity index (χ0) is 28.6. The van der Waals surface area contributed by atoms with Crippen LogP contribution in [0.4, 0.5) is 5.69 Å². The van der Waals surface area contributed by atoms with E-state index in [9.17, 15) is 19.8 Å². The molecule has 3 N–H and O–H groups in total. The van der Waals surface area contributed by atoms with Crippen molar-refractivity contribution in [3.8, 4) is 11.5 Å². The highest BCUT2D eigenvalue weighted by Gasteiger charge is 2.34. The Morgan fingerprint density at radius 2 is 1.80 bits per heavy atom. The number of methoxy groups -OCH3 is 1. The van der Waals surface area contributed by atoms with Crippen molar-refractivity contribution in [1.82, 2.24) is 5.32 Å². The van der Waals surface area contributed by atoms with Crippen molar-refractivity contribution in [2.24, 2.45) is 17.8 Å². The van der Waals surface area contributed by atoms with Crippen molar-refractivity contribution in [2.45, 2.75) is 64.3 Å². The predicted octanol–water partition coefficient (Wildman–Crippen LogP) is 5.10. The molecule has 40 heavy (non-hydrogen) atoms. The number of nitrogens with one attached hydrogen (secondary N) is 1. The van der Waals surface area contributed by atoms with Gasteiger partial charge in [-0.15, -0.1) is 0 Å². The molecular formula is C32H44N2O6. The van der Waals surface area contributed by atoms with E-state index in [0.29, 0.717) is 42.1 Å². The second-order valence-corrected chi connectivity index (χ2v) is 11.7. The number of anilines is 1. The van der Waals surface area contributed by atoms with Crippen LogP contribution in [0.15, 0.2) is 42.5 Å². The van der Waals surface area contributed by atoms with Gasteiger partial charge >= 0.3 is 5.97 Å². The summed E-state index contributed by atoms with van der Waals surface area (Å²) in [5.74, 6) is 1.81. The number of aliphatic hydroxyl groups is 1. The summed E-state index contributed by atoms with van der Waals surface area (Å²) in [5, 5.41) is 22.1. The molecule has 0 aromatic heterocycles. The summed E-state index contributed by atoms with van der Waals surface area (Å²) in [6.45, 7) is 6.23. The lowest BCUT2D eigenvalue weighted by molar-refractivity contribution is -0.137. The third kappa shape index (κ3) is 8.13. The zero-order valence-corrected chi connectivity index (χ0v) is 24.0. The molecule has 0 bridgehead atoms. The van der Waals surface area contributed by atoms with E-state index in [2.05, 4.69) is 24.1 Å². The van der Waals surface area contributed by atoms with Crippen molar-refractivity contribution in [2.75, 3.05) is 38.3 Å². The molecule has 2 atom stereocenters. The van der Waals surface area contributed by atoms with Gasteiger partial charge in [0, 0.05) is 19.2 Å². The molecule has 8 nitrogen and oxygen atoms in total. The van der Waals surface area contributed by atoms with Crippen LogP contribution in [0.1, 0.15) is 74.2 Å². The summed E-state index contributed by atoms with van der Waals surface area (Å²) in [5.41, 5.74) is 2.48. The Hall–Kier alpha value is -3.26. The van der Waals surface area contributed by atoms with Gasteiger partial charge in [-0.2, -0.15) is 0 Å². The molecule has 2 aromatic rings. The van der Waals surface area contributed by atoms with Crippen LogP contribution < -0.4 is 19.7 Å². The Morgan fingerprint density at radius 3 is 2.42 bits per heavy atom. The lowest BCUT2D eigenvalue weighted by atomic mass is 9.91. The highest BCUT2D eigenvalue weighted by atomic mass is 16.5. The Labute approximate surface area is 237 Å². The average molecular weight is 553 g/mol. The van der Waals surface area contributed by atoms with Gasteiger partial charge in [-0.1, -0.05) is 26.0 Å². The van der Waals surface area contributed by atoms with Crippen LogP contribution in [0.2, 0.25) is 0 Å². The number of piperidine rings is 1. The number of carboxylic acid groups (broad SMARTS) is 1. The van der Waals surface area contributed by atoms with Crippen LogP contribution in [0.5, 0.6) is 11.5 Å². The fourth-order valence-corrected chi connectivity index (χ4v) is 5.74. The van der Waals surface area contributed by atoms with E-state index in [-0.39, 0.29) is 30.9 Å². The number of ether oxygens (including phenoxy) is 2. The van der Waals surface area contributed by atoms with Gasteiger partial charge in [0.1, 0.15) is 11.5 Å². The predicted molar refractivity (Wildman–Crippen MR) is 155 cm³/mol. The van der Waals surface area contributed by atoms with Crippen molar-refractivity contribution >= 4 is 17.6 Å². The number of amides is 1.